The maximum absolute atomic E-state index is 6.16. The predicted octanol–water partition coefficient (Wildman–Crippen LogP) is 3.37. The molecule has 0 aliphatic carbocycles. The molecule has 0 saturated heterocycles. The number of nitrogens with two attached hydrogens (primary N) is 2. The Hall–Kier alpha value is -1.45. The number of rotatable bonds is 4. The zero-order valence-electron chi connectivity index (χ0n) is 10.5. The molecule has 0 saturated carbocycles. The summed E-state index contributed by atoms with van der Waals surface area (Å²) in [5.74, 6) is 0.831. The fourth-order valence-electron chi connectivity index (χ4n) is 1.78. The largest absolute Gasteiger partial charge is 0.398 e. The van der Waals surface area contributed by atoms with E-state index in [1.54, 1.807) is 11.8 Å². The first kappa shape index (κ1) is 13.0. The van der Waals surface area contributed by atoms with E-state index in [0.717, 1.165) is 21.9 Å². The van der Waals surface area contributed by atoms with Gasteiger partial charge in [-0.2, -0.15) is 0 Å². The van der Waals surface area contributed by atoms with Crippen LogP contribution in [0.3, 0.4) is 0 Å². The summed E-state index contributed by atoms with van der Waals surface area (Å²) in [5.41, 5.74) is 15.3. The minimum atomic E-state index is 0.0388. The van der Waals surface area contributed by atoms with E-state index in [1.807, 2.05) is 31.2 Å². The first-order chi connectivity index (χ1) is 8.66. The Balaban J connectivity index is 1.99. The van der Waals surface area contributed by atoms with Gasteiger partial charge >= 0.3 is 0 Å². The lowest BCUT2D eigenvalue weighted by molar-refractivity contribution is 0.831. The molecule has 2 aromatic rings. The molecule has 1 unspecified atom stereocenters. The molecule has 0 aliphatic rings. The second kappa shape index (κ2) is 5.94. The maximum Gasteiger partial charge on any atom is 0.0454 e. The Morgan fingerprint density at radius 2 is 1.83 bits per heavy atom. The topological polar surface area (TPSA) is 52.0 Å². The van der Waals surface area contributed by atoms with Gasteiger partial charge in [-0.25, -0.2) is 0 Å². The third-order valence-electron chi connectivity index (χ3n) is 2.81. The van der Waals surface area contributed by atoms with Crippen molar-refractivity contribution in [2.45, 2.75) is 17.9 Å². The van der Waals surface area contributed by atoms with Crippen molar-refractivity contribution in [2.24, 2.45) is 5.73 Å². The third-order valence-corrected chi connectivity index (χ3v) is 4.02. The lowest BCUT2D eigenvalue weighted by Crippen LogP contribution is -2.12. The highest BCUT2D eigenvalue weighted by atomic mass is 32.2. The van der Waals surface area contributed by atoms with E-state index >= 15 is 0 Å². The van der Waals surface area contributed by atoms with Crippen LogP contribution < -0.4 is 11.5 Å². The minimum absolute atomic E-state index is 0.0388. The molecule has 0 spiro atoms. The molecule has 0 aliphatic heterocycles. The zero-order chi connectivity index (χ0) is 13.0. The highest BCUT2D eigenvalue weighted by molar-refractivity contribution is 7.99. The third kappa shape index (κ3) is 3.28. The molecule has 0 amide bonds. The number of benzene rings is 2. The van der Waals surface area contributed by atoms with E-state index in [2.05, 4.69) is 24.3 Å². The highest BCUT2D eigenvalue weighted by Gasteiger charge is 2.07. The van der Waals surface area contributed by atoms with Gasteiger partial charge in [0.25, 0.3) is 0 Å². The van der Waals surface area contributed by atoms with Crippen molar-refractivity contribution in [3.8, 4) is 0 Å². The quantitative estimate of drug-likeness (QED) is 0.653. The summed E-state index contributed by atoms with van der Waals surface area (Å²) in [7, 11) is 0. The molecule has 0 aromatic heterocycles. The summed E-state index contributed by atoms with van der Waals surface area (Å²) in [4.78, 5) is 1.10. The van der Waals surface area contributed by atoms with Gasteiger partial charge in [-0.1, -0.05) is 36.4 Å². The van der Waals surface area contributed by atoms with Crippen LogP contribution in [0.2, 0.25) is 0 Å². The fraction of sp³-hybridized carbons (Fsp3) is 0.200. The Morgan fingerprint density at radius 3 is 2.50 bits per heavy atom. The van der Waals surface area contributed by atoms with Crippen molar-refractivity contribution in [2.75, 3.05) is 11.5 Å². The van der Waals surface area contributed by atoms with E-state index in [0.29, 0.717) is 0 Å². The zero-order valence-corrected chi connectivity index (χ0v) is 11.3. The lowest BCUT2D eigenvalue weighted by atomic mass is 10.1. The summed E-state index contributed by atoms with van der Waals surface area (Å²) in [6, 6.07) is 16.3. The van der Waals surface area contributed by atoms with Crippen molar-refractivity contribution in [1.29, 1.82) is 0 Å². The van der Waals surface area contributed by atoms with Crippen molar-refractivity contribution >= 4 is 17.4 Å². The highest BCUT2D eigenvalue weighted by Crippen LogP contribution is 2.28. The van der Waals surface area contributed by atoms with Gasteiger partial charge in [0.2, 0.25) is 0 Å². The molecule has 18 heavy (non-hydrogen) atoms. The van der Waals surface area contributed by atoms with Gasteiger partial charge in [0.15, 0.2) is 0 Å². The van der Waals surface area contributed by atoms with Crippen molar-refractivity contribution in [1.82, 2.24) is 0 Å². The smallest absolute Gasteiger partial charge is 0.0454 e. The summed E-state index contributed by atoms with van der Waals surface area (Å²) >= 11 is 1.71. The molecule has 1 atom stereocenters. The number of hydrogen-bond donors (Lipinski definition) is 2. The number of thioether (sulfide) groups is 1. The van der Waals surface area contributed by atoms with Crippen LogP contribution in [-0.2, 0) is 0 Å². The van der Waals surface area contributed by atoms with Crippen LogP contribution in [0.25, 0.3) is 0 Å². The van der Waals surface area contributed by atoms with Crippen molar-refractivity contribution in [3.63, 3.8) is 0 Å². The molecule has 3 heteroatoms. The van der Waals surface area contributed by atoms with Gasteiger partial charge in [-0.3, -0.25) is 0 Å². The van der Waals surface area contributed by atoms with Gasteiger partial charge in [0.1, 0.15) is 0 Å². The summed E-state index contributed by atoms with van der Waals surface area (Å²) in [6.07, 6.45) is 0. The number of hydrogen-bond acceptors (Lipinski definition) is 3. The Morgan fingerprint density at radius 1 is 1.11 bits per heavy atom. The van der Waals surface area contributed by atoms with E-state index in [9.17, 15) is 0 Å². The molecule has 2 rings (SSSR count). The molecule has 2 aromatic carbocycles. The number of aryl methyl sites for hydroxylation is 1. The standard InChI is InChI=1S/C15H18N2S/c1-11-7-8-15(13(16)9-11)18-10-14(17)12-5-3-2-4-6-12/h2-9,14H,10,16-17H2,1H3. The Labute approximate surface area is 112 Å². The summed E-state index contributed by atoms with van der Waals surface area (Å²) in [5, 5.41) is 0. The van der Waals surface area contributed by atoms with Gasteiger partial charge in [0, 0.05) is 22.4 Å². The maximum atomic E-state index is 6.16. The van der Waals surface area contributed by atoms with Crippen LogP contribution in [0.4, 0.5) is 5.69 Å². The average molecular weight is 258 g/mol. The molecule has 0 bridgehead atoms. The molecule has 0 fully saturated rings. The van der Waals surface area contributed by atoms with E-state index in [1.165, 1.54) is 5.56 Å². The summed E-state index contributed by atoms with van der Waals surface area (Å²) in [6.45, 7) is 2.04. The van der Waals surface area contributed by atoms with Crippen molar-refractivity contribution in [3.05, 3.63) is 59.7 Å². The van der Waals surface area contributed by atoms with Crippen LogP contribution in [0.15, 0.2) is 53.4 Å². The normalized spacial score (nSPS) is 12.3. The molecule has 94 valence electrons. The van der Waals surface area contributed by atoms with Gasteiger partial charge in [-0.15, -0.1) is 11.8 Å². The first-order valence-corrected chi connectivity index (χ1v) is 6.95. The van der Waals surface area contributed by atoms with E-state index in [4.69, 9.17) is 11.5 Å². The lowest BCUT2D eigenvalue weighted by Gasteiger charge is -2.12. The van der Waals surface area contributed by atoms with E-state index in [-0.39, 0.29) is 6.04 Å². The van der Waals surface area contributed by atoms with Crippen LogP contribution in [0.5, 0.6) is 0 Å². The average Bonchev–Trinajstić information content (AvgIpc) is 2.38. The van der Waals surface area contributed by atoms with Gasteiger partial charge in [0.05, 0.1) is 0 Å². The fourth-order valence-corrected chi connectivity index (χ4v) is 2.72. The van der Waals surface area contributed by atoms with E-state index < -0.39 is 0 Å². The summed E-state index contributed by atoms with van der Waals surface area (Å²) < 4.78 is 0. The molecule has 0 radical (unpaired) electrons. The second-order valence-corrected chi connectivity index (χ2v) is 5.43. The minimum Gasteiger partial charge on any atom is -0.398 e. The van der Waals surface area contributed by atoms with Gasteiger partial charge in [-0.05, 0) is 30.2 Å². The molecule has 0 heterocycles. The van der Waals surface area contributed by atoms with Crippen LogP contribution in [-0.4, -0.2) is 5.75 Å². The first-order valence-electron chi connectivity index (χ1n) is 5.96. The SMILES string of the molecule is Cc1ccc(SCC(N)c2ccccc2)c(N)c1. The molecule has 2 nitrogen and oxygen atoms in total. The Kier molecular flexibility index (Phi) is 4.28. The molecular weight excluding hydrogens is 240 g/mol. The monoisotopic (exact) mass is 258 g/mol. The van der Waals surface area contributed by atoms with Crippen LogP contribution in [0, 0.1) is 6.92 Å². The number of nitrogen functional groups attached to an aromatic ring is 1. The predicted molar refractivity (Wildman–Crippen MR) is 79.7 cm³/mol. The van der Waals surface area contributed by atoms with Crippen LogP contribution >= 0.6 is 11.8 Å². The van der Waals surface area contributed by atoms with Crippen molar-refractivity contribution < 1.29 is 0 Å². The van der Waals surface area contributed by atoms with Crippen LogP contribution in [0.1, 0.15) is 17.2 Å². The molecule has 4 N–H and O–H groups in total. The second-order valence-electron chi connectivity index (χ2n) is 4.37. The molecular formula is C15H18N2S. The number of anilines is 1. The Bertz CT molecular complexity index is 511. The van der Waals surface area contributed by atoms with Gasteiger partial charge < -0.3 is 11.5 Å².